The monoisotopic (exact) mass is 394 g/mol. The molecule has 27 heavy (non-hydrogen) atoms. The zero-order chi connectivity index (χ0) is 19.0. The van der Waals surface area contributed by atoms with E-state index >= 15 is 0 Å². The third-order valence-corrected chi connectivity index (χ3v) is 12.1. The van der Waals surface area contributed by atoms with E-state index in [2.05, 4.69) is 23.0 Å². The molecule has 156 valence electrons. The minimum absolute atomic E-state index is 0.676. The van der Waals surface area contributed by atoms with Crippen LogP contribution in [0.3, 0.4) is 0 Å². The maximum atomic E-state index is 6.50. The Bertz CT molecular complexity index is 461. The zero-order valence-corrected chi connectivity index (χ0v) is 19.2. The summed E-state index contributed by atoms with van der Waals surface area (Å²) in [4.78, 5) is 0. The summed E-state index contributed by atoms with van der Waals surface area (Å²) in [5.74, 6) is 3.41. The second-order valence-electron chi connectivity index (χ2n) is 10.1. The minimum Gasteiger partial charge on any atom is -0.374 e. The summed E-state index contributed by atoms with van der Waals surface area (Å²) in [7, 11) is 1.34. The molecule has 4 aliphatic rings. The highest BCUT2D eigenvalue weighted by Crippen LogP contribution is 2.44. The molecule has 0 radical (unpaired) electrons. The fourth-order valence-corrected chi connectivity index (χ4v) is 10.8. The summed E-state index contributed by atoms with van der Waals surface area (Å²) < 4.78 is 18.6. The van der Waals surface area contributed by atoms with Crippen LogP contribution in [-0.4, -0.2) is 57.4 Å². The highest BCUT2D eigenvalue weighted by atomic mass is 28.4. The van der Waals surface area contributed by atoms with Crippen molar-refractivity contribution < 1.29 is 8.85 Å². The number of hydrogen-bond acceptors (Lipinski definition) is 4. The van der Waals surface area contributed by atoms with Crippen molar-refractivity contribution in [3.05, 3.63) is 0 Å². The molecule has 0 aromatic carbocycles. The molecule has 0 bridgehead atoms. The molecule has 0 amide bonds. The molecule has 4 rings (SSSR count). The van der Waals surface area contributed by atoms with Gasteiger partial charge in [0.15, 0.2) is 0 Å². The largest absolute Gasteiger partial charge is 0.522 e. The van der Waals surface area contributed by atoms with Gasteiger partial charge in [-0.05, 0) is 88.1 Å². The van der Waals surface area contributed by atoms with Crippen LogP contribution in [0.4, 0.5) is 0 Å². The van der Waals surface area contributed by atoms with Crippen LogP contribution in [-0.2, 0) is 8.85 Å². The summed E-state index contributed by atoms with van der Waals surface area (Å²) in [6.07, 6.45) is 13.8. The molecule has 6 atom stereocenters. The van der Waals surface area contributed by atoms with Crippen molar-refractivity contribution in [2.45, 2.75) is 90.1 Å². The molecule has 4 nitrogen and oxygen atoms in total. The number of piperidine rings is 2. The van der Waals surface area contributed by atoms with Gasteiger partial charge in [0, 0.05) is 26.3 Å². The quantitative estimate of drug-likeness (QED) is 0.655. The van der Waals surface area contributed by atoms with Crippen LogP contribution < -0.4 is 0 Å². The van der Waals surface area contributed by atoms with Gasteiger partial charge in [0.2, 0.25) is 0 Å². The van der Waals surface area contributed by atoms with E-state index < -0.39 is 8.88 Å². The molecular weight excluding hydrogens is 352 g/mol. The van der Waals surface area contributed by atoms with E-state index in [4.69, 9.17) is 8.85 Å². The summed E-state index contributed by atoms with van der Waals surface area (Å²) in [6, 6.07) is 1.35. The lowest BCUT2D eigenvalue weighted by molar-refractivity contribution is -0.0179. The Hall–Kier alpha value is 0.0569. The van der Waals surface area contributed by atoms with Gasteiger partial charge in [0.1, 0.15) is 0 Å². The Balaban J connectivity index is 1.64. The fourth-order valence-electron chi connectivity index (χ4n) is 7.06. The lowest BCUT2D eigenvalue weighted by atomic mass is 9.75. The van der Waals surface area contributed by atoms with Crippen molar-refractivity contribution in [1.29, 1.82) is 0 Å². The predicted molar refractivity (Wildman–Crippen MR) is 112 cm³/mol. The van der Waals surface area contributed by atoms with Crippen molar-refractivity contribution >= 4 is 8.88 Å². The topological polar surface area (TPSA) is 24.9 Å². The Morgan fingerprint density at radius 2 is 1.11 bits per heavy atom. The molecule has 0 aromatic heterocycles. The van der Waals surface area contributed by atoms with E-state index in [1.807, 2.05) is 14.2 Å². The molecule has 4 fully saturated rings. The van der Waals surface area contributed by atoms with Gasteiger partial charge >= 0.3 is 8.88 Å². The van der Waals surface area contributed by atoms with E-state index in [-0.39, 0.29) is 0 Å². The van der Waals surface area contributed by atoms with E-state index in [0.717, 1.165) is 23.7 Å². The number of nitrogens with zero attached hydrogens (tertiary/aromatic N) is 2. The van der Waals surface area contributed by atoms with E-state index in [1.54, 1.807) is 0 Å². The van der Waals surface area contributed by atoms with Crippen LogP contribution in [0.2, 0.25) is 0 Å². The standard InChI is InChI=1S/C22H42N2O2Si/c1-17-9-11-19-7-5-13-23(21(19)15-17)27(25-3,26-4)24-14-6-8-20-12-10-18(2)16-22(20)24/h17-22H,5-16H2,1-4H3. The smallest absolute Gasteiger partial charge is 0.374 e. The van der Waals surface area contributed by atoms with Gasteiger partial charge in [-0.3, -0.25) is 9.13 Å². The molecule has 2 aliphatic heterocycles. The fraction of sp³-hybridized carbons (Fsp3) is 1.00. The molecule has 0 N–H and O–H groups in total. The van der Waals surface area contributed by atoms with Crippen LogP contribution in [0.1, 0.15) is 78.1 Å². The number of rotatable bonds is 4. The highest BCUT2D eigenvalue weighted by molar-refractivity contribution is 6.61. The van der Waals surface area contributed by atoms with Crippen molar-refractivity contribution in [3.63, 3.8) is 0 Å². The summed E-state index contributed by atoms with van der Waals surface area (Å²) in [5.41, 5.74) is 0. The Labute approximate surface area is 168 Å². The first kappa shape index (κ1) is 20.3. The molecule has 2 saturated carbocycles. The van der Waals surface area contributed by atoms with E-state index in [1.165, 1.54) is 77.3 Å². The van der Waals surface area contributed by atoms with E-state index in [9.17, 15) is 0 Å². The molecule has 0 aromatic rings. The normalized spacial score (nSPS) is 41.8. The average molecular weight is 395 g/mol. The molecule has 2 heterocycles. The maximum Gasteiger partial charge on any atom is 0.522 e. The molecular formula is C22H42N2O2Si. The van der Waals surface area contributed by atoms with Crippen LogP contribution in [0.15, 0.2) is 0 Å². The van der Waals surface area contributed by atoms with Crippen LogP contribution in [0.5, 0.6) is 0 Å². The summed E-state index contributed by atoms with van der Waals surface area (Å²) >= 11 is 0. The van der Waals surface area contributed by atoms with Crippen molar-refractivity contribution in [1.82, 2.24) is 9.13 Å². The lowest BCUT2D eigenvalue weighted by Crippen LogP contribution is -2.76. The highest BCUT2D eigenvalue weighted by Gasteiger charge is 2.59. The molecule has 6 unspecified atom stereocenters. The van der Waals surface area contributed by atoms with E-state index in [0.29, 0.717) is 12.1 Å². The third-order valence-electron chi connectivity index (χ3n) is 8.44. The van der Waals surface area contributed by atoms with Gasteiger partial charge in [0.05, 0.1) is 0 Å². The molecule has 2 saturated heterocycles. The summed E-state index contributed by atoms with van der Waals surface area (Å²) in [6.45, 7) is 7.24. The Kier molecular flexibility index (Phi) is 6.35. The SMILES string of the molecule is CO[Si](OC)(N1CCCC2CCC(C)CC21)N1CCCC2CCC(C)CC21. The first-order chi connectivity index (χ1) is 13.1. The minimum atomic E-state index is -2.55. The zero-order valence-electron chi connectivity index (χ0n) is 18.2. The van der Waals surface area contributed by atoms with Crippen molar-refractivity contribution in [2.75, 3.05) is 27.3 Å². The Morgan fingerprint density at radius 1 is 0.667 bits per heavy atom. The van der Waals surface area contributed by atoms with Gasteiger partial charge in [0.25, 0.3) is 0 Å². The Morgan fingerprint density at radius 3 is 1.52 bits per heavy atom. The van der Waals surface area contributed by atoms with Crippen LogP contribution >= 0.6 is 0 Å². The lowest BCUT2D eigenvalue weighted by Gasteiger charge is -2.57. The second-order valence-corrected chi connectivity index (χ2v) is 13.2. The van der Waals surface area contributed by atoms with Gasteiger partial charge in [-0.25, -0.2) is 0 Å². The first-order valence-corrected chi connectivity index (χ1v) is 13.4. The summed E-state index contributed by atoms with van der Waals surface area (Å²) in [5, 5.41) is 0. The molecule has 5 heteroatoms. The van der Waals surface area contributed by atoms with Gasteiger partial charge < -0.3 is 8.85 Å². The molecule has 2 aliphatic carbocycles. The van der Waals surface area contributed by atoms with Crippen LogP contribution in [0.25, 0.3) is 0 Å². The van der Waals surface area contributed by atoms with Crippen LogP contribution in [0, 0.1) is 23.7 Å². The number of hydrogen-bond donors (Lipinski definition) is 0. The number of fused-ring (bicyclic) bond motifs is 2. The second kappa shape index (κ2) is 8.43. The maximum absolute atomic E-state index is 6.50. The first-order valence-electron chi connectivity index (χ1n) is 11.7. The molecule has 0 spiro atoms. The van der Waals surface area contributed by atoms with Gasteiger partial charge in [-0.1, -0.05) is 26.7 Å². The third kappa shape index (κ3) is 3.68. The average Bonchev–Trinajstić information content (AvgIpc) is 2.69. The van der Waals surface area contributed by atoms with Crippen molar-refractivity contribution in [3.8, 4) is 0 Å². The van der Waals surface area contributed by atoms with Crippen molar-refractivity contribution in [2.24, 2.45) is 23.7 Å². The van der Waals surface area contributed by atoms with Gasteiger partial charge in [-0.15, -0.1) is 0 Å². The van der Waals surface area contributed by atoms with Gasteiger partial charge in [-0.2, -0.15) is 0 Å². The predicted octanol–water partition coefficient (Wildman–Crippen LogP) is 4.52.